The number of halogens is 6. The smallest absolute Gasteiger partial charge is 0.310 e. The number of nitrogens with zero attached hydrogens (tertiary/aromatic N) is 7. The molecule has 17 heteroatoms. The van der Waals surface area contributed by atoms with E-state index in [9.17, 15) is 35.2 Å². The summed E-state index contributed by atoms with van der Waals surface area (Å²) in [5, 5.41) is 4.41. The van der Waals surface area contributed by atoms with Crippen molar-refractivity contribution in [2.24, 2.45) is 7.05 Å². The molecule has 0 aliphatic rings. The zero-order valence-corrected chi connectivity index (χ0v) is 22.5. The molecule has 41 heavy (non-hydrogen) atoms. The maximum atomic E-state index is 14.0. The van der Waals surface area contributed by atoms with Gasteiger partial charge in [0.2, 0.25) is 0 Å². The maximum absolute atomic E-state index is 14.0. The molecule has 0 spiro atoms. The van der Waals surface area contributed by atoms with Crippen LogP contribution in [-0.4, -0.2) is 54.2 Å². The lowest BCUT2D eigenvalue weighted by Crippen LogP contribution is -2.33. The third-order valence-electron chi connectivity index (χ3n) is 6.17. The summed E-state index contributed by atoms with van der Waals surface area (Å²) < 4.78 is 95.9. The Bertz CT molecular complexity index is 1980. The normalized spacial score (nSPS) is 12.8. The van der Waals surface area contributed by atoms with Crippen molar-refractivity contribution < 1.29 is 30.4 Å². The standard InChI is InChI=1S/C24H17ClF5N7O3S/c1-3-41(39,40)17-7-8-18(37-22(38)36(12-32-37)15-6-4-5-14(25)10-15)34-19(17)21-33-16-9-13(11-31-20(16)35(21)2)23(26,27)24(28,29)30/h4-12H,3H2,1-2H3. The van der Waals surface area contributed by atoms with Crippen molar-refractivity contribution in [2.75, 3.05) is 5.75 Å². The number of alkyl halides is 5. The van der Waals surface area contributed by atoms with Gasteiger partial charge in [-0.15, -0.1) is 0 Å². The van der Waals surface area contributed by atoms with E-state index in [1.807, 2.05) is 0 Å². The van der Waals surface area contributed by atoms with E-state index >= 15 is 0 Å². The molecule has 0 N–H and O–H groups in total. The molecule has 0 aliphatic carbocycles. The third kappa shape index (κ3) is 4.76. The van der Waals surface area contributed by atoms with E-state index in [2.05, 4.69) is 20.1 Å². The number of aromatic nitrogens is 7. The van der Waals surface area contributed by atoms with Crippen LogP contribution in [0.1, 0.15) is 12.5 Å². The van der Waals surface area contributed by atoms with E-state index in [1.54, 1.807) is 18.2 Å². The Kier molecular flexibility index (Phi) is 6.73. The second kappa shape index (κ2) is 9.73. The van der Waals surface area contributed by atoms with Gasteiger partial charge in [0, 0.05) is 18.3 Å². The quantitative estimate of drug-likeness (QED) is 0.259. The van der Waals surface area contributed by atoms with Crippen molar-refractivity contribution in [3.8, 4) is 23.0 Å². The molecular formula is C24H17ClF5N7O3S. The molecule has 0 fully saturated rings. The monoisotopic (exact) mass is 613 g/mol. The lowest BCUT2D eigenvalue weighted by molar-refractivity contribution is -0.289. The molecule has 0 amide bonds. The number of aryl methyl sites for hydroxylation is 1. The molecule has 10 nitrogen and oxygen atoms in total. The summed E-state index contributed by atoms with van der Waals surface area (Å²) in [7, 11) is -2.61. The summed E-state index contributed by atoms with van der Waals surface area (Å²) in [5.74, 6) is -5.89. The van der Waals surface area contributed by atoms with E-state index in [4.69, 9.17) is 11.6 Å². The van der Waals surface area contributed by atoms with Crippen LogP contribution in [0, 0.1) is 0 Å². The van der Waals surface area contributed by atoms with Gasteiger partial charge in [-0.25, -0.2) is 32.7 Å². The summed E-state index contributed by atoms with van der Waals surface area (Å²) in [6, 6.07) is 9.31. The number of pyridine rings is 2. The van der Waals surface area contributed by atoms with Gasteiger partial charge in [-0.1, -0.05) is 24.6 Å². The topological polar surface area (TPSA) is 118 Å². The Labute approximate surface area is 232 Å². The Morgan fingerprint density at radius 2 is 1.76 bits per heavy atom. The Hall–Kier alpha value is -4.18. The van der Waals surface area contributed by atoms with Crippen LogP contribution in [0.25, 0.3) is 34.2 Å². The van der Waals surface area contributed by atoms with E-state index in [0.717, 1.165) is 4.68 Å². The third-order valence-corrected chi connectivity index (χ3v) is 8.17. The average molecular weight is 614 g/mol. The number of imidazole rings is 1. The number of sulfone groups is 1. The summed E-state index contributed by atoms with van der Waals surface area (Å²) >= 11 is 6.02. The predicted molar refractivity (Wildman–Crippen MR) is 137 cm³/mol. The molecule has 4 heterocycles. The summed E-state index contributed by atoms with van der Waals surface area (Å²) in [6.45, 7) is 1.38. The van der Waals surface area contributed by atoms with Gasteiger partial charge in [0.1, 0.15) is 17.5 Å². The highest BCUT2D eigenvalue weighted by Gasteiger charge is 2.59. The van der Waals surface area contributed by atoms with Gasteiger partial charge in [0.05, 0.1) is 21.9 Å². The molecule has 214 valence electrons. The predicted octanol–water partition coefficient (Wildman–Crippen LogP) is 4.47. The minimum atomic E-state index is -5.88. The lowest BCUT2D eigenvalue weighted by atomic mass is 10.1. The van der Waals surface area contributed by atoms with Crippen LogP contribution in [0.3, 0.4) is 0 Å². The highest BCUT2D eigenvalue weighted by atomic mass is 35.5. The first kappa shape index (κ1) is 28.4. The highest BCUT2D eigenvalue weighted by Crippen LogP contribution is 2.44. The fourth-order valence-corrected chi connectivity index (χ4v) is 5.21. The van der Waals surface area contributed by atoms with Gasteiger partial charge in [-0.05, 0) is 36.4 Å². The van der Waals surface area contributed by atoms with Crippen LogP contribution < -0.4 is 5.69 Å². The first-order chi connectivity index (χ1) is 19.2. The molecule has 0 atom stereocenters. The summed E-state index contributed by atoms with van der Waals surface area (Å²) in [5.41, 5.74) is -2.49. The Morgan fingerprint density at radius 1 is 1.02 bits per heavy atom. The van der Waals surface area contributed by atoms with Gasteiger partial charge < -0.3 is 4.57 Å². The average Bonchev–Trinajstić information content (AvgIpc) is 3.47. The van der Waals surface area contributed by atoms with E-state index in [-0.39, 0.29) is 39.1 Å². The van der Waals surface area contributed by atoms with Crippen LogP contribution in [0.2, 0.25) is 5.02 Å². The van der Waals surface area contributed by atoms with Crippen LogP contribution in [0.5, 0.6) is 0 Å². The van der Waals surface area contributed by atoms with Crippen LogP contribution in [0.4, 0.5) is 22.0 Å². The zero-order valence-electron chi connectivity index (χ0n) is 20.9. The highest BCUT2D eigenvalue weighted by molar-refractivity contribution is 7.91. The first-order valence-corrected chi connectivity index (χ1v) is 13.6. The Balaban J connectivity index is 1.70. The van der Waals surface area contributed by atoms with Crippen LogP contribution >= 0.6 is 11.6 Å². The first-order valence-electron chi connectivity index (χ1n) is 11.6. The van der Waals surface area contributed by atoms with Crippen molar-refractivity contribution >= 4 is 32.6 Å². The number of fused-ring (bicyclic) bond motifs is 1. The molecular weight excluding hydrogens is 597 g/mol. The number of hydrogen-bond donors (Lipinski definition) is 0. The second-order valence-electron chi connectivity index (χ2n) is 8.73. The van der Waals surface area contributed by atoms with E-state index in [1.165, 1.54) is 47.6 Å². The van der Waals surface area contributed by atoms with Crippen molar-refractivity contribution in [2.45, 2.75) is 23.9 Å². The minimum Gasteiger partial charge on any atom is -0.310 e. The molecule has 0 bridgehead atoms. The van der Waals surface area contributed by atoms with Gasteiger partial charge in [0.15, 0.2) is 27.1 Å². The lowest BCUT2D eigenvalue weighted by Gasteiger charge is -2.19. The molecule has 5 aromatic rings. The van der Waals surface area contributed by atoms with Crippen LogP contribution in [0.15, 0.2) is 64.7 Å². The molecule has 0 aliphatic heterocycles. The maximum Gasteiger partial charge on any atom is 0.458 e. The molecule has 5 rings (SSSR count). The van der Waals surface area contributed by atoms with Crippen molar-refractivity contribution in [1.82, 2.24) is 33.9 Å². The fraction of sp³-hybridized carbons (Fsp3) is 0.208. The summed E-state index contributed by atoms with van der Waals surface area (Å²) in [4.78, 5) is 25.0. The van der Waals surface area contributed by atoms with Gasteiger partial charge >= 0.3 is 17.8 Å². The Morgan fingerprint density at radius 3 is 2.41 bits per heavy atom. The van der Waals surface area contributed by atoms with Gasteiger partial charge in [-0.2, -0.15) is 31.7 Å². The molecule has 4 aromatic heterocycles. The molecule has 1 aromatic carbocycles. The molecule has 0 unspecified atom stereocenters. The SMILES string of the molecule is CCS(=O)(=O)c1ccc(-n2ncn(-c3cccc(Cl)c3)c2=O)nc1-c1nc2cc(C(F)(F)C(F)(F)F)cnc2n1C. The van der Waals surface area contributed by atoms with E-state index < -0.39 is 33.2 Å². The molecule has 0 radical (unpaired) electrons. The molecule has 0 saturated carbocycles. The second-order valence-corrected chi connectivity index (χ2v) is 11.4. The van der Waals surface area contributed by atoms with Gasteiger partial charge in [-0.3, -0.25) is 0 Å². The van der Waals surface area contributed by atoms with Crippen molar-refractivity contribution in [3.63, 3.8) is 0 Å². The van der Waals surface area contributed by atoms with Gasteiger partial charge in [0.25, 0.3) is 0 Å². The number of hydrogen-bond acceptors (Lipinski definition) is 7. The van der Waals surface area contributed by atoms with Crippen molar-refractivity contribution in [1.29, 1.82) is 0 Å². The van der Waals surface area contributed by atoms with E-state index in [0.29, 0.717) is 23.0 Å². The number of rotatable bonds is 6. The van der Waals surface area contributed by atoms with Crippen molar-refractivity contribution in [3.05, 3.63) is 76.1 Å². The number of benzene rings is 1. The minimum absolute atomic E-state index is 0.115. The summed E-state index contributed by atoms with van der Waals surface area (Å²) in [6.07, 6.45) is -4.30. The molecule has 0 saturated heterocycles. The largest absolute Gasteiger partial charge is 0.458 e. The fourth-order valence-electron chi connectivity index (χ4n) is 4.01. The zero-order chi connectivity index (χ0) is 29.9. The van der Waals surface area contributed by atoms with Crippen LogP contribution in [-0.2, 0) is 22.8 Å².